The first kappa shape index (κ1) is 14.8. The minimum Gasteiger partial charge on any atom is -0.266 e. The molecule has 1 saturated carbocycles. The molecule has 1 aromatic rings. The minimum atomic E-state index is -0.0289. The van der Waals surface area contributed by atoms with Gasteiger partial charge in [0.25, 0.3) is 5.91 Å². The number of nitrogens with one attached hydrogen (secondary N) is 1. The molecular weight excluding hydrogens is 280 g/mol. The van der Waals surface area contributed by atoms with Gasteiger partial charge in [0.05, 0.1) is 4.88 Å². The van der Waals surface area contributed by atoms with Crippen molar-refractivity contribution >= 4 is 23.0 Å². The zero-order valence-electron chi connectivity index (χ0n) is 12.8. The summed E-state index contributed by atoms with van der Waals surface area (Å²) in [6.45, 7) is 2.29. The number of carbonyl (C=O) groups is 1. The van der Waals surface area contributed by atoms with Gasteiger partial charge in [-0.25, -0.2) is 5.43 Å². The first-order valence-corrected chi connectivity index (χ1v) is 9.01. The number of rotatable bonds is 2. The van der Waals surface area contributed by atoms with Crippen molar-refractivity contribution in [2.24, 2.45) is 11.0 Å². The second kappa shape index (κ2) is 6.73. The van der Waals surface area contributed by atoms with E-state index in [2.05, 4.69) is 23.5 Å². The van der Waals surface area contributed by atoms with Crippen LogP contribution in [0.15, 0.2) is 11.2 Å². The molecule has 0 radical (unpaired) electrons. The van der Waals surface area contributed by atoms with Crippen molar-refractivity contribution in [3.8, 4) is 0 Å². The van der Waals surface area contributed by atoms with Gasteiger partial charge in [-0.05, 0) is 62.5 Å². The summed E-state index contributed by atoms with van der Waals surface area (Å²) in [5, 5.41) is 4.36. The zero-order chi connectivity index (χ0) is 14.7. The first-order valence-electron chi connectivity index (χ1n) is 8.19. The van der Waals surface area contributed by atoms with Gasteiger partial charge in [-0.3, -0.25) is 4.79 Å². The van der Waals surface area contributed by atoms with Gasteiger partial charge >= 0.3 is 0 Å². The van der Waals surface area contributed by atoms with Crippen LogP contribution in [-0.4, -0.2) is 11.6 Å². The van der Waals surface area contributed by atoms with Crippen LogP contribution in [0.4, 0.5) is 0 Å². The second-order valence-electron chi connectivity index (χ2n) is 6.44. The van der Waals surface area contributed by atoms with E-state index in [0.29, 0.717) is 0 Å². The summed E-state index contributed by atoms with van der Waals surface area (Å²) >= 11 is 1.65. The van der Waals surface area contributed by atoms with E-state index in [9.17, 15) is 4.79 Å². The Labute approximate surface area is 130 Å². The van der Waals surface area contributed by atoms with Crippen molar-refractivity contribution in [3.63, 3.8) is 0 Å². The predicted octanol–water partition coefficient (Wildman–Crippen LogP) is 4.31. The van der Waals surface area contributed by atoms with Crippen molar-refractivity contribution < 1.29 is 4.79 Å². The topological polar surface area (TPSA) is 41.5 Å². The molecule has 0 bridgehead atoms. The maximum atomic E-state index is 12.3. The largest absolute Gasteiger partial charge is 0.281 e. The van der Waals surface area contributed by atoms with Crippen LogP contribution in [0.5, 0.6) is 0 Å². The Hall–Kier alpha value is -1.16. The van der Waals surface area contributed by atoms with E-state index in [1.165, 1.54) is 42.5 Å². The van der Waals surface area contributed by atoms with Gasteiger partial charge < -0.3 is 0 Å². The molecule has 114 valence electrons. The van der Waals surface area contributed by atoms with Gasteiger partial charge in [-0.2, -0.15) is 5.10 Å². The fourth-order valence-electron chi connectivity index (χ4n) is 3.25. The third kappa shape index (κ3) is 3.73. The van der Waals surface area contributed by atoms with E-state index < -0.39 is 0 Å². The third-order valence-corrected chi connectivity index (χ3v) is 5.79. The van der Waals surface area contributed by atoms with Crippen molar-refractivity contribution in [1.29, 1.82) is 0 Å². The molecule has 1 fully saturated rings. The van der Waals surface area contributed by atoms with Crippen LogP contribution < -0.4 is 5.43 Å². The van der Waals surface area contributed by atoms with Crippen LogP contribution >= 0.6 is 11.3 Å². The Morgan fingerprint density at radius 2 is 2.00 bits per heavy atom. The number of nitrogens with zero attached hydrogens (tertiary/aromatic N) is 1. The van der Waals surface area contributed by atoms with Gasteiger partial charge in [0.1, 0.15) is 0 Å². The standard InChI is InChI=1S/C17H24N2OS/c1-12-8-9-15-13(10-12)11-16(21-15)17(20)19-18-14-6-4-2-3-5-7-14/h11-12H,2-10H2,1H3,(H,19,20). The maximum absolute atomic E-state index is 12.3. The Bertz CT molecular complexity index is 537. The lowest BCUT2D eigenvalue weighted by Crippen LogP contribution is -2.18. The molecule has 21 heavy (non-hydrogen) atoms. The molecule has 2 aliphatic carbocycles. The third-order valence-electron chi connectivity index (χ3n) is 4.55. The molecular formula is C17H24N2OS. The summed E-state index contributed by atoms with van der Waals surface area (Å²) in [5.74, 6) is 0.716. The Balaban J connectivity index is 1.64. The maximum Gasteiger partial charge on any atom is 0.281 e. The molecule has 1 atom stereocenters. The zero-order valence-corrected chi connectivity index (χ0v) is 13.6. The molecule has 3 rings (SSSR count). The van der Waals surface area contributed by atoms with Gasteiger partial charge in [0.2, 0.25) is 0 Å². The van der Waals surface area contributed by atoms with E-state index in [0.717, 1.165) is 42.2 Å². The average Bonchev–Trinajstić information content (AvgIpc) is 2.72. The summed E-state index contributed by atoms with van der Waals surface area (Å²) < 4.78 is 0. The molecule has 1 N–H and O–H groups in total. The van der Waals surface area contributed by atoms with E-state index in [-0.39, 0.29) is 5.91 Å². The van der Waals surface area contributed by atoms with Crippen LogP contribution in [0, 0.1) is 5.92 Å². The lowest BCUT2D eigenvalue weighted by atomic mass is 9.90. The molecule has 0 spiro atoms. The molecule has 1 unspecified atom stereocenters. The Morgan fingerprint density at radius 3 is 2.76 bits per heavy atom. The second-order valence-corrected chi connectivity index (χ2v) is 7.58. The molecule has 0 saturated heterocycles. The quantitative estimate of drug-likeness (QED) is 0.642. The highest BCUT2D eigenvalue weighted by Crippen LogP contribution is 2.32. The summed E-state index contributed by atoms with van der Waals surface area (Å²) in [5.41, 5.74) is 5.32. The Kier molecular flexibility index (Phi) is 4.73. The molecule has 1 heterocycles. The highest BCUT2D eigenvalue weighted by atomic mass is 32.1. The summed E-state index contributed by atoms with van der Waals surface area (Å²) in [6, 6.07) is 2.08. The number of fused-ring (bicyclic) bond motifs is 1. The van der Waals surface area contributed by atoms with E-state index in [1.807, 2.05) is 0 Å². The normalized spacial score (nSPS) is 22.3. The monoisotopic (exact) mass is 304 g/mol. The minimum absolute atomic E-state index is 0.0289. The van der Waals surface area contributed by atoms with Crippen LogP contribution in [0.1, 0.15) is 72.0 Å². The number of thiophene rings is 1. The molecule has 1 amide bonds. The van der Waals surface area contributed by atoms with Gasteiger partial charge in [0.15, 0.2) is 0 Å². The summed E-state index contributed by atoms with van der Waals surface area (Å²) in [6.07, 6.45) is 10.6. The van der Waals surface area contributed by atoms with Crippen LogP contribution in [0.25, 0.3) is 0 Å². The fourth-order valence-corrected chi connectivity index (χ4v) is 4.35. The van der Waals surface area contributed by atoms with Crippen molar-refractivity contribution in [2.45, 2.75) is 64.7 Å². The van der Waals surface area contributed by atoms with E-state index in [1.54, 1.807) is 11.3 Å². The van der Waals surface area contributed by atoms with Gasteiger partial charge in [-0.1, -0.05) is 19.8 Å². The van der Waals surface area contributed by atoms with Crippen LogP contribution in [0.3, 0.4) is 0 Å². The molecule has 1 aromatic heterocycles. The fraction of sp³-hybridized carbons (Fsp3) is 0.647. The number of amides is 1. The highest BCUT2D eigenvalue weighted by molar-refractivity contribution is 7.14. The number of hydrazone groups is 1. The van der Waals surface area contributed by atoms with Crippen LogP contribution in [0.2, 0.25) is 0 Å². The van der Waals surface area contributed by atoms with Crippen LogP contribution in [-0.2, 0) is 12.8 Å². The molecule has 4 heteroatoms. The SMILES string of the molecule is CC1CCc2sc(C(=O)NN=C3CCCCCC3)cc2C1. The lowest BCUT2D eigenvalue weighted by Gasteiger charge is -2.16. The summed E-state index contributed by atoms with van der Waals surface area (Å²) in [7, 11) is 0. The van der Waals surface area contributed by atoms with Crippen molar-refractivity contribution in [2.75, 3.05) is 0 Å². The highest BCUT2D eigenvalue weighted by Gasteiger charge is 2.20. The lowest BCUT2D eigenvalue weighted by molar-refractivity contribution is 0.0958. The van der Waals surface area contributed by atoms with Crippen molar-refractivity contribution in [1.82, 2.24) is 5.43 Å². The summed E-state index contributed by atoms with van der Waals surface area (Å²) in [4.78, 5) is 14.5. The predicted molar refractivity (Wildman–Crippen MR) is 88.1 cm³/mol. The van der Waals surface area contributed by atoms with Gasteiger partial charge in [-0.15, -0.1) is 11.3 Å². The first-order chi connectivity index (χ1) is 10.2. The van der Waals surface area contributed by atoms with Gasteiger partial charge in [0, 0.05) is 10.6 Å². The molecule has 2 aliphatic rings. The number of carbonyl (C=O) groups excluding carboxylic acids is 1. The number of aryl methyl sites for hydroxylation is 1. The number of hydrogen-bond acceptors (Lipinski definition) is 3. The molecule has 3 nitrogen and oxygen atoms in total. The number of hydrogen-bond donors (Lipinski definition) is 1. The smallest absolute Gasteiger partial charge is 0.266 e. The van der Waals surface area contributed by atoms with E-state index in [4.69, 9.17) is 0 Å². The van der Waals surface area contributed by atoms with E-state index >= 15 is 0 Å². The van der Waals surface area contributed by atoms with Crippen molar-refractivity contribution in [3.05, 3.63) is 21.4 Å². The molecule has 0 aromatic carbocycles. The Morgan fingerprint density at radius 1 is 1.24 bits per heavy atom. The molecule has 0 aliphatic heterocycles. The average molecular weight is 304 g/mol.